The minimum atomic E-state index is -4.17. The van der Waals surface area contributed by atoms with E-state index in [1.807, 2.05) is 31.3 Å². The van der Waals surface area contributed by atoms with Gasteiger partial charge in [-0.1, -0.05) is 36.4 Å². The fourth-order valence-corrected chi connectivity index (χ4v) is 7.13. The van der Waals surface area contributed by atoms with Gasteiger partial charge in [0.15, 0.2) is 0 Å². The van der Waals surface area contributed by atoms with E-state index in [1.165, 1.54) is 12.1 Å². The van der Waals surface area contributed by atoms with Crippen LogP contribution in [0.5, 0.6) is 0 Å². The molecule has 1 saturated carbocycles. The van der Waals surface area contributed by atoms with Crippen molar-refractivity contribution in [3.05, 3.63) is 94.7 Å². The lowest BCUT2D eigenvalue weighted by molar-refractivity contribution is 0.0773. The molecule has 6 rings (SSSR count). The number of sulfonamides is 1. The highest BCUT2D eigenvalue weighted by atomic mass is 35.5. The van der Waals surface area contributed by atoms with Gasteiger partial charge in [0, 0.05) is 42.0 Å². The number of carbonyl (C=O) groups excluding carboxylic acids is 2. The summed E-state index contributed by atoms with van der Waals surface area (Å²) in [5.74, 6) is 0.0132. The normalized spacial score (nSPS) is 16.0. The number of rotatable bonds is 6. The average molecular weight is 591 g/mol. The minimum Gasteiger partial charge on any atom is -0.340 e. The number of likely N-dealkylation sites (N-methyl/N-ethyl adjacent to an activating group) is 1. The molecule has 1 aliphatic carbocycles. The van der Waals surface area contributed by atoms with Crippen LogP contribution in [0.3, 0.4) is 0 Å². The van der Waals surface area contributed by atoms with Crippen LogP contribution in [-0.4, -0.2) is 52.8 Å². The summed E-state index contributed by atoms with van der Waals surface area (Å²) in [6.45, 7) is 4.86. The molecule has 1 aliphatic heterocycles. The fraction of sp³-hybridized carbons (Fsp3) is 0.290. The summed E-state index contributed by atoms with van der Waals surface area (Å²) in [6, 6.07) is 19.1. The maximum Gasteiger partial charge on any atom is 0.347 e. The van der Waals surface area contributed by atoms with Crippen molar-refractivity contribution in [3.8, 4) is 5.69 Å². The predicted molar refractivity (Wildman–Crippen MR) is 159 cm³/mol. The van der Waals surface area contributed by atoms with Gasteiger partial charge in [0.25, 0.3) is 15.9 Å². The van der Waals surface area contributed by atoms with Crippen molar-refractivity contribution in [1.29, 1.82) is 0 Å². The van der Waals surface area contributed by atoms with Gasteiger partial charge in [0.1, 0.15) is 5.69 Å². The Morgan fingerprint density at radius 1 is 1.05 bits per heavy atom. The van der Waals surface area contributed by atoms with E-state index in [1.54, 1.807) is 23.1 Å². The summed E-state index contributed by atoms with van der Waals surface area (Å²) in [5, 5.41) is 3.99. The smallest absolute Gasteiger partial charge is 0.340 e. The molecule has 1 fully saturated rings. The summed E-state index contributed by atoms with van der Waals surface area (Å²) in [4.78, 5) is 27.9. The van der Waals surface area contributed by atoms with Gasteiger partial charge < -0.3 is 14.8 Å². The lowest BCUT2D eigenvalue weighted by Gasteiger charge is -2.24. The molecule has 4 aromatic rings. The molecular formula is C31H31ClN4O4S. The van der Waals surface area contributed by atoms with E-state index in [0.29, 0.717) is 31.5 Å². The van der Waals surface area contributed by atoms with Gasteiger partial charge in [-0.3, -0.25) is 4.79 Å². The van der Waals surface area contributed by atoms with Crippen LogP contribution in [0.2, 0.25) is 0 Å². The van der Waals surface area contributed by atoms with Crippen molar-refractivity contribution in [2.45, 2.75) is 50.0 Å². The molecule has 3 aromatic carbocycles. The molecule has 8 nitrogen and oxygen atoms in total. The number of fused-ring (bicyclic) bond motifs is 3. The summed E-state index contributed by atoms with van der Waals surface area (Å²) in [5.41, 5.74) is 6.45. The van der Waals surface area contributed by atoms with E-state index in [2.05, 4.69) is 35.9 Å². The van der Waals surface area contributed by atoms with Crippen LogP contribution >= 0.6 is 11.8 Å². The van der Waals surface area contributed by atoms with Crippen LogP contribution < -0.4 is 5.32 Å². The lowest BCUT2D eigenvalue weighted by Crippen LogP contribution is -2.45. The number of carbonyl (C=O) groups is 2. The molecule has 212 valence electrons. The highest BCUT2D eigenvalue weighted by Gasteiger charge is 2.46. The van der Waals surface area contributed by atoms with E-state index in [9.17, 15) is 18.0 Å². The van der Waals surface area contributed by atoms with Gasteiger partial charge in [-0.2, -0.15) is 8.42 Å². The number of hydrogen-bond donors (Lipinski definition) is 1. The molecular weight excluding hydrogens is 560 g/mol. The Balaban J connectivity index is 1.26. The van der Waals surface area contributed by atoms with Gasteiger partial charge in [0.2, 0.25) is 0 Å². The largest absolute Gasteiger partial charge is 0.347 e. The quantitative estimate of drug-likeness (QED) is 0.300. The molecule has 41 heavy (non-hydrogen) atoms. The Labute approximate surface area is 244 Å². The highest BCUT2D eigenvalue weighted by Crippen LogP contribution is 2.40. The zero-order chi connectivity index (χ0) is 29.1. The van der Waals surface area contributed by atoms with Crippen molar-refractivity contribution >= 4 is 44.6 Å². The zero-order valence-electron chi connectivity index (χ0n) is 23.1. The fourth-order valence-electron chi connectivity index (χ4n) is 5.90. The first-order valence-corrected chi connectivity index (χ1v) is 15.4. The van der Waals surface area contributed by atoms with Crippen LogP contribution in [0, 0.1) is 13.8 Å². The monoisotopic (exact) mass is 590 g/mol. The summed E-state index contributed by atoms with van der Waals surface area (Å²) in [6.07, 6.45) is 2.76. The first-order chi connectivity index (χ1) is 19.5. The van der Waals surface area contributed by atoms with Crippen LogP contribution in [0.4, 0.5) is 4.79 Å². The molecule has 1 aromatic heterocycles. The van der Waals surface area contributed by atoms with Gasteiger partial charge in [0.05, 0.1) is 10.4 Å². The molecule has 0 saturated heterocycles. The van der Waals surface area contributed by atoms with Crippen LogP contribution in [0.15, 0.2) is 71.6 Å². The third-order valence-electron chi connectivity index (χ3n) is 8.13. The van der Waals surface area contributed by atoms with Gasteiger partial charge in [-0.25, -0.2) is 4.79 Å². The van der Waals surface area contributed by atoms with Gasteiger partial charge in [-0.05, 0) is 92.1 Å². The van der Waals surface area contributed by atoms with Crippen LogP contribution in [-0.2, 0) is 22.9 Å². The topological polar surface area (TPSA) is 91.7 Å². The first-order valence-electron chi connectivity index (χ1n) is 13.6. The second-order valence-corrected chi connectivity index (χ2v) is 13.5. The van der Waals surface area contributed by atoms with Gasteiger partial charge >= 0.3 is 6.03 Å². The van der Waals surface area contributed by atoms with Crippen molar-refractivity contribution in [1.82, 2.24) is 18.6 Å². The Hall–Kier alpha value is -3.82. The van der Waals surface area contributed by atoms with Crippen molar-refractivity contribution in [3.63, 3.8) is 0 Å². The summed E-state index contributed by atoms with van der Waals surface area (Å²) < 4.78 is 27.9. The Morgan fingerprint density at radius 3 is 2.39 bits per heavy atom. The standard InChI is InChI=1S/C31H31ClN4O4S/c1-20-17-21(2)27-25-13-16-34(3)29(37)28(25)35(26(27)18-20)23-11-9-22(10-12-23)19-31(14-15-31)33-30(38)36(32)41(39,40)24-7-5-4-6-8-24/h4-12,17-18H,13-16,19H2,1-3H3,(H,33,38). The maximum atomic E-state index is 13.4. The number of nitrogens with one attached hydrogen (secondary N) is 1. The number of halogens is 1. The SMILES string of the molecule is Cc1cc(C)c2c3c(n(-c4ccc(CC5(NC(=O)N(Cl)S(=O)(=O)c6ccccc6)CC5)cc4)c2c1)C(=O)N(C)CC3. The maximum absolute atomic E-state index is 13.4. The second-order valence-electron chi connectivity index (χ2n) is 11.2. The van der Waals surface area contributed by atoms with E-state index < -0.39 is 21.6 Å². The average Bonchev–Trinajstić information content (AvgIpc) is 3.61. The second kappa shape index (κ2) is 9.92. The molecule has 1 N–H and O–H groups in total. The van der Waals surface area contributed by atoms with E-state index >= 15 is 0 Å². The number of urea groups is 1. The molecule has 0 spiro atoms. The Morgan fingerprint density at radius 2 is 1.73 bits per heavy atom. The minimum absolute atomic E-state index is 0.0132. The molecule has 0 unspecified atom stereocenters. The lowest BCUT2D eigenvalue weighted by atomic mass is 9.99. The number of aromatic nitrogens is 1. The molecule has 3 amide bonds. The third-order valence-corrected chi connectivity index (χ3v) is 10.3. The van der Waals surface area contributed by atoms with E-state index in [4.69, 9.17) is 11.8 Å². The van der Waals surface area contributed by atoms with E-state index in [0.717, 1.165) is 45.3 Å². The summed E-state index contributed by atoms with van der Waals surface area (Å²) >= 11 is 6.02. The number of hydrogen-bond acceptors (Lipinski definition) is 4. The summed E-state index contributed by atoms with van der Waals surface area (Å²) in [7, 11) is -2.34. The molecule has 2 heterocycles. The van der Waals surface area contributed by atoms with Gasteiger partial charge in [-0.15, -0.1) is 3.82 Å². The van der Waals surface area contributed by atoms with Crippen LogP contribution in [0.1, 0.15) is 45.6 Å². The van der Waals surface area contributed by atoms with Crippen LogP contribution in [0.25, 0.3) is 16.6 Å². The highest BCUT2D eigenvalue weighted by molar-refractivity contribution is 7.90. The van der Waals surface area contributed by atoms with Crippen molar-refractivity contribution in [2.75, 3.05) is 13.6 Å². The van der Waals surface area contributed by atoms with E-state index in [-0.39, 0.29) is 14.6 Å². The number of benzene rings is 3. The van der Waals surface area contributed by atoms with Crippen molar-refractivity contribution in [2.24, 2.45) is 0 Å². The number of amides is 3. The number of aryl methyl sites for hydroxylation is 2. The molecule has 2 aliphatic rings. The van der Waals surface area contributed by atoms with Crippen molar-refractivity contribution < 1.29 is 18.0 Å². The first kappa shape index (κ1) is 27.4. The predicted octanol–water partition coefficient (Wildman–Crippen LogP) is 5.50. The molecule has 0 bridgehead atoms. The molecule has 10 heteroatoms. The Bertz CT molecular complexity index is 1800. The third kappa shape index (κ3) is 4.77. The molecule has 0 atom stereocenters. The number of nitrogens with zero attached hydrogens (tertiary/aromatic N) is 3. The molecule has 0 radical (unpaired) electrons. The zero-order valence-corrected chi connectivity index (χ0v) is 24.7. The Kier molecular flexibility index (Phi) is 6.62.